The molecule has 0 unspecified atom stereocenters. The lowest BCUT2D eigenvalue weighted by Gasteiger charge is -2.03. The van der Waals surface area contributed by atoms with E-state index in [1.165, 1.54) is 0 Å². The fraction of sp³-hybridized carbons (Fsp3) is 0.0833. The number of benzene rings is 1. The molecule has 0 aliphatic heterocycles. The van der Waals surface area contributed by atoms with Gasteiger partial charge >= 0.3 is 0 Å². The number of rotatable bonds is 3. The van der Waals surface area contributed by atoms with Crippen LogP contribution in [0.2, 0.25) is 0 Å². The first-order chi connectivity index (χ1) is 9.66. The smallest absolute Gasteiger partial charge is 0.271 e. The maximum Gasteiger partial charge on any atom is 0.271 e. The summed E-state index contributed by atoms with van der Waals surface area (Å²) in [5.41, 5.74) is 6.99. The Kier molecular flexibility index (Phi) is 2.75. The molecular formula is C12H10N6O2. The summed E-state index contributed by atoms with van der Waals surface area (Å²) in [5.74, 6) is 0.201. The number of H-pyrrole nitrogens is 1. The first-order valence-electron chi connectivity index (χ1n) is 5.77. The molecular weight excluding hydrogens is 260 g/mol. The minimum Gasteiger partial charge on any atom is -0.364 e. The first-order valence-corrected chi connectivity index (χ1v) is 5.77. The molecule has 3 rings (SSSR count). The lowest BCUT2D eigenvalue weighted by atomic mass is 10.0. The van der Waals surface area contributed by atoms with E-state index in [1.54, 1.807) is 19.1 Å². The van der Waals surface area contributed by atoms with Gasteiger partial charge in [-0.05, 0) is 13.0 Å². The Bertz CT molecular complexity index is 776. The number of nitrogens with one attached hydrogen (secondary N) is 1. The second-order valence-electron chi connectivity index (χ2n) is 4.08. The summed E-state index contributed by atoms with van der Waals surface area (Å²) in [6.07, 6.45) is 0. The number of nitrogens with zero attached hydrogens (tertiary/aromatic N) is 4. The van der Waals surface area contributed by atoms with Crippen molar-refractivity contribution in [2.75, 3.05) is 0 Å². The Morgan fingerprint density at radius 1 is 1.25 bits per heavy atom. The van der Waals surface area contributed by atoms with Crippen LogP contribution >= 0.6 is 0 Å². The van der Waals surface area contributed by atoms with Crippen LogP contribution in [0.5, 0.6) is 0 Å². The SMILES string of the molecule is Cc1noc(-c2ccccc2-c2n[nH]nc2C(N)=O)n1. The molecule has 8 nitrogen and oxygen atoms in total. The molecule has 0 atom stereocenters. The van der Waals surface area contributed by atoms with E-state index in [2.05, 4.69) is 25.6 Å². The number of aryl methyl sites for hydroxylation is 1. The average molecular weight is 270 g/mol. The van der Waals surface area contributed by atoms with E-state index in [1.807, 2.05) is 12.1 Å². The van der Waals surface area contributed by atoms with Crippen molar-refractivity contribution >= 4 is 5.91 Å². The summed E-state index contributed by atoms with van der Waals surface area (Å²) in [7, 11) is 0. The first kappa shape index (κ1) is 12.0. The Morgan fingerprint density at radius 3 is 2.65 bits per heavy atom. The van der Waals surface area contributed by atoms with Gasteiger partial charge in [0.15, 0.2) is 11.5 Å². The predicted octanol–water partition coefficient (Wildman–Crippen LogP) is 0.929. The summed E-state index contributed by atoms with van der Waals surface area (Å²) in [4.78, 5) is 15.5. The summed E-state index contributed by atoms with van der Waals surface area (Å²) < 4.78 is 5.15. The van der Waals surface area contributed by atoms with Crippen molar-refractivity contribution in [3.8, 4) is 22.7 Å². The van der Waals surface area contributed by atoms with Gasteiger partial charge in [-0.15, -0.1) is 0 Å². The van der Waals surface area contributed by atoms with E-state index >= 15 is 0 Å². The number of aromatic nitrogens is 5. The monoisotopic (exact) mass is 270 g/mol. The van der Waals surface area contributed by atoms with Gasteiger partial charge < -0.3 is 10.3 Å². The molecule has 2 aromatic heterocycles. The van der Waals surface area contributed by atoms with Crippen molar-refractivity contribution in [1.82, 2.24) is 25.6 Å². The van der Waals surface area contributed by atoms with Crippen LogP contribution in [0.4, 0.5) is 0 Å². The number of primary amides is 1. The fourth-order valence-corrected chi connectivity index (χ4v) is 1.87. The zero-order chi connectivity index (χ0) is 14.1. The average Bonchev–Trinajstić information content (AvgIpc) is 3.07. The maximum atomic E-state index is 11.4. The number of carbonyl (C=O) groups excluding carboxylic acids is 1. The van der Waals surface area contributed by atoms with Gasteiger partial charge in [0.2, 0.25) is 0 Å². The minimum absolute atomic E-state index is 0.0636. The Hall–Kier alpha value is -3.03. The Morgan fingerprint density at radius 2 is 2.00 bits per heavy atom. The molecule has 8 heteroatoms. The van der Waals surface area contributed by atoms with Crippen LogP contribution in [0, 0.1) is 6.92 Å². The van der Waals surface area contributed by atoms with Crippen molar-refractivity contribution in [2.45, 2.75) is 6.92 Å². The zero-order valence-electron chi connectivity index (χ0n) is 10.5. The zero-order valence-corrected chi connectivity index (χ0v) is 10.5. The third-order valence-electron chi connectivity index (χ3n) is 2.72. The second kappa shape index (κ2) is 4.57. The molecule has 0 aliphatic rings. The lowest BCUT2D eigenvalue weighted by Crippen LogP contribution is -2.12. The highest BCUT2D eigenvalue weighted by atomic mass is 16.5. The second-order valence-corrected chi connectivity index (χ2v) is 4.08. The summed E-state index contributed by atoms with van der Waals surface area (Å²) >= 11 is 0. The lowest BCUT2D eigenvalue weighted by molar-refractivity contribution is 0.0996. The van der Waals surface area contributed by atoms with Crippen LogP contribution in [0.15, 0.2) is 28.8 Å². The van der Waals surface area contributed by atoms with E-state index in [0.29, 0.717) is 28.5 Å². The molecule has 3 N–H and O–H groups in total. The Labute approximate surface area is 113 Å². The third kappa shape index (κ3) is 1.92. The molecule has 0 saturated carbocycles. The van der Waals surface area contributed by atoms with Gasteiger partial charge in [0.05, 0.1) is 0 Å². The molecule has 0 spiro atoms. The number of hydrogen-bond acceptors (Lipinski definition) is 6. The van der Waals surface area contributed by atoms with E-state index in [-0.39, 0.29) is 5.69 Å². The molecule has 100 valence electrons. The van der Waals surface area contributed by atoms with Crippen LogP contribution in [0.3, 0.4) is 0 Å². The van der Waals surface area contributed by atoms with Crippen LogP contribution in [0.25, 0.3) is 22.7 Å². The predicted molar refractivity (Wildman–Crippen MR) is 68.4 cm³/mol. The van der Waals surface area contributed by atoms with Gasteiger partial charge in [-0.2, -0.15) is 20.4 Å². The number of carbonyl (C=O) groups is 1. The molecule has 0 saturated heterocycles. The van der Waals surface area contributed by atoms with Crippen LogP contribution in [-0.2, 0) is 0 Å². The molecule has 0 aliphatic carbocycles. The standard InChI is InChI=1S/C12H10N6O2/c1-6-14-12(20-17-6)8-5-3-2-4-7(8)9-10(11(13)19)16-18-15-9/h2-5H,1H3,(H2,13,19)(H,15,16,18). The van der Waals surface area contributed by atoms with Gasteiger partial charge in [-0.1, -0.05) is 23.4 Å². The normalized spacial score (nSPS) is 10.7. The van der Waals surface area contributed by atoms with Crippen LogP contribution < -0.4 is 5.73 Å². The van der Waals surface area contributed by atoms with Gasteiger partial charge in [0.25, 0.3) is 11.8 Å². The largest absolute Gasteiger partial charge is 0.364 e. The highest BCUT2D eigenvalue weighted by molar-refractivity contribution is 5.98. The van der Waals surface area contributed by atoms with Gasteiger partial charge in [-0.25, -0.2) is 0 Å². The van der Waals surface area contributed by atoms with Gasteiger partial charge in [0, 0.05) is 11.1 Å². The molecule has 1 aromatic carbocycles. The van der Waals surface area contributed by atoms with Crippen molar-refractivity contribution in [1.29, 1.82) is 0 Å². The molecule has 2 heterocycles. The van der Waals surface area contributed by atoms with Crippen molar-refractivity contribution in [2.24, 2.45) is 5.73 Å². The highest BCUT2D eigenvalue weighted by Crippen LogP contribution is 2.30. The summed E-state index contributed by atoms with van der Waals surface area (Å²) in [5, 5.41) is 13.9. The number of aromatic amines is 1. The van der Waals surface area contributed by atoms with E-state index in [0.717, 1.165) is 0 Å². The summed E-state index contributed by atoms with van der Waals surface area (Å²) in [6, 6.07) is 7.20. The number of hydrogen-bond donors (Lipinski definition) is 2. The van der Waals surface area contributed by atoms with Gasteiger partial charge in [-0.3, -0.25) is 4.79 Å². The maximum absolute atomic E-state index is 11.4. The van der Waals surface area contributed by atoms with Crippen molar-refractivity contribution in [3.05, 3.63) is 35.8 Å². The molecule has 0 fully saturated rings. The van der Waals surface area contributed by atoms with Crippen molar-refractivity contribution < 1.29 is 9.32 Å². The van der Waals surface area contributed by atoms with Crippen LogP contribution in [0.1, 0.15) is 16.3 Å². The van der Waals surface area contributed by atoms with Gasteiger partial charge in [0.1, 0.15) is 5.69 Å². The van der Waals surface area contributed by atoms with E-state index < -0.39 is 5.91 Å². The minimum atomic E-state index is -0.662. The number of nitrogens with two attached hydrogens (primary N) is 1. The molecule has 0 bridgehead atoms. The van der Waals surface area contributed by atoms with E-state index in [4.69, 9.17) is 10.3 Å². The molecule has 20 heavy (non-hydrogen) atoms. The highest BCUT2D eigenvalue weighted by Gasteiger charge is 2.20. The molecule has 0 radical (unpaired) electrons. The quantitative estimate of drug-likeness (QED) is 0.729. The summed E-state index contributed by atoms with van der Waals surface area (Å²) in [6.45, 7) is 1.72. The number of amides is 1. The van der Waals surface area contributed by atoms with Crippen LogP contribution in [-0.4, -0.2) is 31.5 Å². The Balaban J connectivity index is 2.20. The van der Waals surface area contributed by atoms with E-state index in [9.17, 15) is 4.79 Å². The fourth-order valence-electron chi connectivity index (χ4n) is 1.87. The van der Waals surface area contributed by atoms with Crippen molar-refractivity contribution in [3.63, 3.8) is 0 Å². The molecule has 1 amide bonds. The molecule has 3 aromatic rings. The third-order valence-corrected chi connectivity index (χ3v) is 2.72. The topological polar surface area (TPSA) is 124 Å².